The van der Waals surface area contributed by atoms with Gasteiger partial charge in [-0.25, -0.2) is 4.39 Å². The molecule has 4 nitrogen and oxygen atoms in total. The molecule has 0 saturated carbocycles. The first-order valence-corrected chi connectivity index (χ1v) is 7.23. The summed E-state index contributed by atoms with van der Waals surface area (Å²) in [5.74, 6) is -0.600. The molecule has 0 saturated heterocycles. The Hall–Kier alpha value is -1.95. The van der Waals surface area contributed by atoms with Crippen molar-refractivity contribution in [3.63, 3.8) is 0 Å². The molecule has 0 aliphatic heterocycles. The third-order valence-corrected chi connectivity index (χ3v) is 4.64. The lowest BCUT2D eigenvalue weighted by Crippen LogP contribution is -2.02. The van der Waals surface area contributed by atoms with Gasteiger partial charge in [0.15, 0.2) is 0 Å². The molecule has 0 atom stereocenters. The van der Waals surface area contributed by atoms with E-state index >= 15 is 0 Å². The highest BCUT2D eigenvalue weighted by atomic mass is 32.1. The lowest BCUT2D eigenvalue weighted by atomic mass is 10.2. The summed E-state index contributed by atoms with van der Waals surface area (Å²) in [5.41, 5.74) is 1.53. The Labute approximate surface area is 119 Å². The van der Waals surface area contributed by atoms with Crippen LogP contribution in [0.15, 0.2) is 24.3 Å². The Morgan fingerprint density at radius 3 is 2.95 bits per heavy atom. The Morgan fingerprint density at radius 2 is 2.20 bits per heavy atom. The fourth-order valence-electron chi connectivity index (χ4n) is 2.47. The van der Waals surface area contributed by atoms with Gasteiger partial charge in [-0.05, 0) is 43.0 Å². The molecule has 1 aliphatic rings. The average Bonchev–Trinajstić information content (AvgIpc) is 2.97. The second-order valence-corrected chi connectivity index (χ2v) is 6.01. The molecular formula is C14H13FN2O2S. The van der Waals surface area contributed by atoms with E-state index in [1.807, 2.05) is 0 Å². The summed E-state index contributed by atoms with van der Waals surface area (Å²) in [5, 5.41) is 13.9. The zero-order chi connectivity index (χ0) is 14.1. The van der Waals surface area contributed by atoms with E-state index in [4.69, 9.17) is 0 Å². The zero-order valence-electron chi connectivity index (χ0n) is 10.7. The van der Waals surface area contributed by atoms with E-state index < -0.39 is 10.7 Å². The molecule has 3 rings (SSSR count). The van der Waals surface area contributed by atoms with Crippen molar-refractivity contribution in [3.8, 4) is 0 Å². The standard InChI is InChI=1S/C14H13FN2O2S/c15-10-4-5-12(13(7-10)17(18)19)16-8-11-6-9-2-1-3-14(9)20-11/h4-7,16H,1-3,8H2. The number of anilines is 1. The lowest BCUT2D eigenvalue weighted by Gasteiger charge is -2.05. The summed E-state index contributed by atoms with van der Waals surface area (Å²) in [6.45, 7) is 0.532. The molecule has 0 spiro atoms. The van der Waals surface area contributed by atoms with Crippen LogP contribution in [-0.2, 0) is 19.4 Å². The summed E-state index contributed by atoms with van der Waals surface area (Å²) in [6, 6.07) is 5.74. The highest BCUT2D eigenvalue weighted by molar-refractivity contribution is 7.12. The van der Waals surface area contributed by atoms with Gasteiger partial charge in [0, 0.05) is 16.3 Å². The summed E-state index contributed by atoms with van der Waals surface area (Å²) >= 11 is 1.75. The number of hydrogen-bond acceptors (Lipinski definition) is 4. The van der Waals surface area contributed by atoms with E-state index in [0.717, 1.165) is 23.8 Å². The van der Waals surface area contributed by atoms with Gasteiger partial charge in [0.1, 0.15) is 11.5 Å². The van der Waals surface area contributed by atoms with E-state index in [2.05, 4.69) is 11.4 Å². The van der Waals surface area contributed by atoms with Crippen LogP contribution in [-0.4, -0.2) is 4.92 Å². The molecule has 0 radical (unpaired) electrons. The minimum absolute atomic E-state index is 0.228. The van der Waals surface area contributed by atoms with Gasteiger partial charge in [-0.2, -0.15) is 0 Å². The molecule has 20 heavy (non-hydrogen) atoms. The Balaban J connectivity index is 1.76. The maximum Gasteiger partial charge on any atom is 0.295 e. The molecule has 1 heterocycles. The second-order valence-electron chi connectivity index (χ2n) is 4.79. The number of nitrogens with zero attached hydrogens (tertiary/aromatic N) is 1. The zero-order valence-corrected chi connectivity index (χ0v) is 11.5. The molecule has 0 bridgehead atoms. The molecule has 1 aliphatic carbocycles. The van der Waals surface area contributed by atoms with Crippen LogP contribution < -0.4 is 5.32 Å². The predicted octanol–water partition coefficient (Wildman–Crippen LogP) is 3.90. The van der Waals surface area contributed by atoms with Gasteiger partial charge in [0.2, 0.25) is 0 Å². The van der Waals surface area contributed by atoms with Gasteiger partial charge in [0.25, 0.3) is 5.69 Å². The van der Waals surface area contributed by atoms with Crippen molar-refractivity contribution in [3.05, 3.63) is 55.5 Å². The number of benzene rings is 1. The number of nitrogens with one attached hydrogen (secondary N) is 1. The van der Waals surface area contributed by atoms with E-state index in [1.54, 1.807) is 11.3 Å². The minimum Gasteiger partial charge on any atom is -0.375 e. The Bertz CT molecular complexity index is 648. The highest BCUT2D eigenvalue weighted by Gasteiger charge is 2.17. The van der Waals surface area contributed by atoms with Crippen LogP contribution in [0.4, 0.5) is 15.8 Å². The normalized spacial score (nSPS) is 13.2. The number of nitro benzene ring substituents is 1. The van der Waals surface area contributed by atoms with E-state index in [1.165, 1.54) is 29.0 Å². The third kappa shape index (κ3) is 2.51. The molecule has 0 amide bonds. The summed E-state index contributed by atoms with van der Waals surface area (Å²) < 4.78 is 13.1. The maximum atomic E-state index is 13.1. The number of halogens is 1. The van der Waals surface area contributed by atoms with Gasteiger partial charge < -0.3 is 5.32 Å². The second kappa shape index (κ2) is 5.20. The maximum absolute atomic E-state index is 13.1. The van der Waals surface area contributed by atoms with E-state index in [9.17, 15) is 14.5 Å². The van der Waals surface area contributed by atoms with E-state index in [-0.39, 0.29) is 5.69 Å². The molecule has 0 unspecified atom stereocenters. The van der Waals surface area contributed by atoms with Crippen LogP contribution in [0, 0.1) is 15.9 Å². The molecule has 1 aromatic heterocycles. The van der Waals surface area contributed by atoms with Crippen LogP contribution in [0.3, 0.4) is 0 Å². The third-order valence-electron chi connectivity index (χ3n) is 3.41. The van der Waals surface area contributed by atoms with Crippen molar-refractivity contribution >= 4 is 22.7 Å². The quantitative estimate of drug-likeness (QED) is 0.687. The molecular weight excluding hydrogens is 279 g/mol. The van der Waals surface area contributed by atoms with Gasteiger partial charge >= 0.3 is 0 Å². The molecule has 104 valence electrons. The van der Waals surface area contributed by atoms with E-state index in [0.29, 0.717) is 12.2 Å². The number of rotatable bonds is 4. The fourth-order valence-corrected chi connectivity index (χ4v) is 3.67. The van der Waals surface area contributed by atoms with Crippen LogP contribution in [0.25, 0.3) is 0 Å². The predicted molar refractivity (Wildman–Crippen MR) is 76.7 cm³/mol. The molecule has 2 aromatic rings. The fraction of sp³-hybridized carbons (Fsp3) is 0.286. The summed E-state index contributed by atoms with van der Waals surface area (Å²) in [7, 11) is 0. The SMILES string of the molecule is O=[N+]([O-])c1cc(F)ccc1NCc1cc2c(s1)CCC2. The van der Waals surface area contributed by atoms with Gasteiger partial charge in [-0.3, -0.25) is 10.1 Å². The number of aryl methyl sites for hydroxylation is 2. The van der Waals surface area contributed by atoms with Crippen molar-refractivity contribution in [2.75, 3.05) is 5.32 Å². The van der Waals surface area contributed by atoms with Crippen molar-refractivity contribution < 1.29 is 9.31 Å². The monoisotopic (exact) mass is 292 g/mol. The Morgan fingerprint density at radius 1 is 1.35 bits per heavy atom. The highest BCUT2D eigenvalue weighted by Crippen LogP contribution is 2.32. The smallest absolute Gasteiger partial charge is 0.295 e. The number of hydrogen-bond donors (Lipinski definition) is 1. The van der Waals surface area contributed by atoms with Crippen LogP contribution in [0.2, 0.25) is 0 Å². The first-order valence-electron chi connectivity index (χ1n) is 6.42. The largest absolute Gasteiger partial charge is 0.375 e. The van der Waals surface area contributed by atoms with Gasteiger partial charge in [0.05, 0.1) is 11.0 Å². The van der Waals surface area contributed by atoms with Crippen molar-refractivity contribution in [2.24, 2.45) is 0 Å². The van der Waals surface area contributed by atoms with Crippen LogP contribution in [0.1, 0.15) is 21.7 Å². The van der Waals surface area contributed by atoms with Crippen molar-refractivity contribution in [1.29, 1.82) is 0 Å². The molecule has 1 N–H and O–H groups in total. The van der Waals surface area contributed by atoms with Crippen molar-refractivity contribution in [2.45, 2.75) is 25.8 Å². The summed E-state index contributed by atoms with van der Waals surface area (Å²) in [6.07, 6.45) is 3.48. The average molecular weight is 292 g/mol. The first kappa shape index (κ1) is 13.1. The molecule has 1 aromatic carbocycles. The summed E-state index contributed by atoms with van der Waals surface area (Å²) in [4.78, 5) is 12.9. The minimum atomic E-state index is -0.600. The molecule has 0 fully saturated rings. The van der Waals surface area contributed by atoms with Gasteiger partial charge in [-0.1, -0.05) is 0 Å². The van der Waals surface area contributed by atoms with Gasteiger partial charge in [-0.15, -0.1) is 11.3 Å². The van der Waals surface area contributed by atoms with Crippen molar-refractivity contribution in [1.82, 2.24) is 0 Å². The number of thiophene rings is 1. The van der Waals surface area contributed by atoms with Crippen LogP contribution >= 0.6 is 11.3 Å². The first-order chi connectivity index (χ1) is 9.63. The molecule has 6 heteroatoms. The van der Waals surface area contributed by atoms with Crippen LogP contribution in [0.5, 0.6) is 0 Å². The number of fused-ring (bicyclic) bond motifs is 1. The topological polar surface area (TPSA) is 55.2 Å². The Kier molecular flexibility index (Phi) is 3.40. The number of nitro groups is 1. The lowest BCUT2D eigenvalue weighted by molar-refractivity contribution is -0.384.